The lowest BCUT2D eigenvalue weighted by Gasteiger charge is -2.36. The Bertz CT molecular complexity index is 808. The number of nitrogens with zero attached hydrogens (tertiary/aromatic N) is 3. The van der Waals surface area contributed by atoms with Crippen LogP contribution in [0.1, 0.15) is 38.2 Å². The van der Waals surface area contributed by atoms with Crippen LogP contribution in [0.15, 0.2) is 29.2 Å². The van der Waals surface area contributed by atoms with Gasteiger partial charge in [-0.2, -0.15) is 9.57 Å². The van der Waals surface area contributed by atoms with Gasteiger partial charge >= 0.3 is 0 Å². The first kappa shape index (κ1) is 18.9. The lowest BCUT2D eigenvalue weighted by atomic mass is 9.94. The fourth-order valence-corrected chi connectivity index (χ4v) is 5.29. The minimum Gasteiger partial charge on any atom is -0.342 e. The maximum atomic E-state index is 12.9. The minimum absolute atomic E-state index is 0.0857. The SMILES string of the molecule is CC1CCN(C(=O)[C@@H]2CCCN(S(=O)(=O)c3cccc(C#N)c3)C2)CC1. The van der Waals surface area contributed by atoms with Gasteiger partial charge in [0.15, 0.2) is 0 Å². The van der Waals surface area contributed by atoms with Crippen molar-refractivity contribution in [3.8, 4) is 6.07 Å². The number of carbonyl (C=O) groups is 1. The largest absolute Gasteiger partial charge is 0.342 e. The molecule has 2 aliphatic heterocycles. The molecule has 7 heteroatoms. The molecule has 2 heterocycles. The topological polar surface area (TPSA) is 81.5 Å². The molecule has 140 valence electrons. The van der Waals surface area contributed by atoms with Crippen LogP contribution in [-0.2, 0) is 14.8 Å². The molecule has 0 radical (unpaired) electrons. The number of benzene rings is 1. The molecule has 3 rings (SSSR count). The van der Waals surface area contributed by atoms with Crippen LogP contribution in [0.5, 0.6) is 0 Å². The number of rotatable bonds is 3. The highest BCUT2D eigenvalue weighted by atomic mass is 32.2. The summed E-state index contributed by atoms with van der Waals surface area (Å²) < 4.78 is 27.3. The van der Waals surface area contributed by atoms with Gasteiger partial charge in [0.1, 0.15) is 0 Å². The average Bonchev–Trinajstić information content (AvgIpc) is 2.68. The Morgan fingerprint density at radius 1 is 1.19 bits per heavy atom. The first-order chi connectivity index (χ1) is 12.4. The van der Waals surface area contributed by atoms with Gasteiger partial charge in [-0.25, -0.2) is 8.42 Å². The Morgan fingerprint density at radius 3 is 2.62 bits per heavy atom. The third-order valence-electron chi connectivity index (χ3n) is 5.43. The molecule has 6 nitrogen and oxygen atoms in total. The summed E-state index contributed by atoms with van der Waals surface area (Å²) in [4.78, 5) is 14.9. The van der Waals surface area contributed by atoms with Gasteiger partial charge in [-0.15, -0.1) is 0 Å². The summed E-state index contributed by atoms with van der Waals surface area (Å²) in [5.74, 6) is 0.461. The molecule has 2 aliphatic rings. The molecule has 0 spiro atoms. The molecular weight excluding hydrogens is 350 g/mol. The van der Waals surface area contributed by atoms with Crippen LogP contribution in [-0.4, -0.2) is 49.7 Å². The highest BCUT2D eigenvalue weighted by molar-refractivity contribution is 7.89. The van der Waals surface area contributed by atoms with E-state index in [0.29, 0.717) is 24.4 Å². The number of carbonyl (C=O) groups excluding carboxylic acids is 1. The van der Waals surface area contributed by atoms with E-state index < -0.39 is 10.0 Å². The van der Waals surface area contributed by atoms with E-state index in [1.54, 1.807) is 12.1 Å². The molecule has 0 N–H and O–H groups in total. The zero-order chi connectivity index (χ0) is 18.7. The van der Waals surface area contributed by atoms with Gasteiger partial charge in [0.25, 0.3) is 0 Å². The Kier molecular flexibility index (Phi) is 5.64. The maximum absolute atomic E-state index is 12.9. The van der Waals surface area contributed by atoms with E-state index >= 15 is 0 Å². The Hall–Kier alpha value is -1.91. The van der Waals surface area contributed by atoms with Gasteiger partial charge < -0.3 is 4.90 Å². The molecule has 2 saturated heterocycles. The zero-order valence-electron chi connectivity index (χ0n) is 15.1. The highest BCUT2D eigenvalue weighted by Crippen LogP contribution is 2.27. The highest BCUT2D eigenvalue weighted by Gasteiger charge is 2.35. The minimum atomic E-state index is -3.69. The molecule has 26 heavy (non-hydrogen) atoms. The van der Waals surface area contributed by atoms with Crippen molar-refractivity contribution >= 4 is 15.9 Å². The maximum Gasteiger partial charge on any atom is 0.243 e. The number of piperidine rings is 2. The first-order valence-corrected chi connectivity index (χ1v) is 10.6. The lowest BCUT2D eigenvalue weighted by molar-refractivity contribution is -0.138. The average molecular weight is 375 g/mol. The van der Waals surface area contributed by atoms with E-state index in [1.807, 2.05) is 11.0 Å². The summed E-state index contributed by atoms with van der Waals surface area (Å²) in [7, 11) is -3.69. The molecule has 1 amide bonds. The Labute approximate surface area is 155 Å². The normalized spacial score (nSPS) is 22.8. The monoisotopic (exact) mass is 375 g/mol. The standard InChI is InChI=1S/C19H25N3O3S/c1-15-7-10-21(11-8-15)19(23)17-5-3-9-22(14-17)26(24,25)18-6-2-4-16(12-18)13-20/h2,4,6,12,15,17H,3,5,7-11,14H2,1H3/t17-/m1/s1. The van der Waals surface area contributed by atoms with E-state index in [1.165, 1.54) is 16.4 Å². The van der Waals surface area contributed by atoms with Crippen LogP contribution >= 0.6 is 0 Å². The zero-order valence-corrected chi connectivity index (χ0v) is 15.9. The molecule has 1 atom stereocenters. The number of hydrogen-bond donors (Lipinski definition) is 0. The van der Waals surface area contributed by atoms with Crippen molar-refractivity contribution in [2.75, 3.05) is 26.2 Å². The van der Waals surface area contributed by atoms with Gasteiger partial charge in [-0.1, -0.05) is 13.0 Å². The molecule has 0 aromatic heterocycles. The molecule has 1 aromatic rings. The molecule has 0 bridgehead atoms. The molecule has 1 aromatic carbocycles. The van der Waals surface area contributed by atoms with Crippen LogP contribution in [0.25, 0.3) is 0 Å². The number of sulfonamides is 1. The van der Waals surface area contributed by atoms with Crippen LogP contribution in [0.4, 0.5) is 0 Å². The number of amides is 1. The van der Waals surface area contributed by atoms with Gasteiger partial charge in [0, 0.05) is 26.2 Å². The lowest BCUT2D eigenvalue weighted by Crippen LogP contribution is -2.48. The first-order valence-electron chi connectivity index (χ1n) is 9.21. The number of likely N-dealkylation sites (tertiary alicyclic amines) is 1. The van der Waals surface area contributed by atoms with Crippen LogP contribution in [0.2, 0.25) is 0 Å². The second kappa shape index (κ2) is 7.77. The number of nitriles is 1. The third kappa shape index (κ3) is 3.92. The molecule has 0 unspecified atom stereocenters. The summed E-state index contributed by atoms with van der Waals surface area (Å²) in [6, 6.07) is 8.03. The van der Waals surface area contributed by atoms with Crippen molar-refractivity contribution in [2.45, 2.75) is 37.5 Å². The van der Waals surface area contributed by atoms with Crippen molar-refractivity contribution in [3.63, 3.8) is 0 Å². The molecule has 2 fully saturated rings. The van der Waals surface area contributed by atoms with Gasteiger partial charge in [-0.3, -0.25) is 4.79 Å². The predicted octanol–water partition coefficient (Wildman–Crippen LogP) is 2.22. The van der Waals surface area contributed by atoms with Crippen molar-refractivity contribution in [1.29, 1.82) is 5.26 Å². The quantitative estimate of drug-likeness (QED) is 0.811. The fourth-order valence-electron chi connectivity index (χ4n) is 3.72. The van der Waals surface area contributed by atoms with Gasteiger partial charge in [0.05, 0.1) is 22.4 Å². The Morgan fingerprint density at radius 2 is 1.92 bits per heavy atom. The second-order valence-electron chi connectivity index (χ2n) is 7.35. The summed E-state index contributed by atoms with van der Waals surface area (Å²) >= 11 is 0. The molecule has 0 aliphatic carbocycles. The van der Waals surface area contributed by atoms with E-state index in [4.69, 9.17) is 5.26 Å². The predicted molar refractivity (Wildman–Crippen MR) is 97.6 cm³/mol. The van der Waals surface area contributed by atoms with Crippen LogP contribution < -0.4 is 0 Å². The van der Waals surface area contributed by atoms with Crippen molar-refractivity contribution in [3.05, 3.63) is 29.8 Å². The number of hydrogen-bond acceptors (Lipinski definition) is 4. The van der Waals surface area contributed by atoms with E-state index in [2.05, 4.69) is 6.92 Å². The summed E-state index contributed by atoms with van der Waals surface area (Å²) in [6.07, 6.45) is 3.44. The molecule has 0 saturated carbocycles. The van der Waals surface area contributed by atoms with E-state index in [9.17, 15) is 13.2 Å². The summed E-state index contributed by atoms with van der Waals surface area (Å²) in [6.45, 7) is 4.39. The van der Waals surface area contributed by atoms with E-state index in [-0.39, 0.29) is 23.3 Å². The van der Waals surface area contributed by atoms with Gasteiger partial charge in [0.2, 0.25) is 15.9 Å². The van der Waals surface area contributed by atoms with Crippen molar-refractivity contribution in [2.24, 2.45) is 11.8 Å². The molecular formula is C19H25N3O3S. The summed E-state index contributed by atoms with van der Waals surface area (Å²) in [5, 5.41) is 9.01. The Balaban J connectivity index is 1.73. The second-order valence-corrected chi connectivity index (χ2v) is 9.29. The van der Waals surface area contributed by atoms with Crippen LogP contribution in [0.3, 0.4) is 0 Å². The fraction of sp³-hybridized carbons (Fsp3) is 0.579. The third-order valence-corrected chi connectivity index (χ3v) is 7.29. The van der Waals surface area contributed by atoms with Crippen LogP contribution in [0, 0.1) is 23.2 Å². The van der Waals surface area contributed by atoms with Crippen molar-refractivity contribution < 1.29 is 13.2 Å². The smallest absolute Gasteiger partial charge is 0.243 e. The van der Waals surface area contributed by atoms with Gasteiger partial charge in [-0.05, 0) is 49.8 Å². The van der Waals surface area contributed by atoms with Crippen molar-refractivity contribution in [1.82, 2.24) is 9.21 Å². The van der Waals surface area contributed by atoms with E-state index in [0.717, 1.165) is 32.4 Å². The summed E-state index contributed by atoms with van der Waals surface area (Å²) in [5.41, 5.74) is 0.318.